The van der Waals surface area contributed by atoms with E-state index in [9.17, 15) is 8.42 Å². The molecule has 21 heavy (non-hydrogen) atoms. The molecule has 2 unspecified atom stereocenters. The first-order valence-electron chi connectivity index (χ1n) is 7.79. The minimum atomic E-state index is -3.34. The highest BCUT2D eigenvalue weighted by atomic mass is 32.2. The molecule has 2 fully saturated rings. The van der Waals surface area contributed by atoms with Crippen LogP contribution in [0.2, 0.25) is 0 Å². The van der Waals surface area contributed by atoms with Crippen molar-refractivity contribution in [2.24, 2.45) is 11.8 Å². The average molecular weight is 308 g/mol. The van der Waals surface area contributed by atoms with Gasteiger partial charge in [0.15, 0.2) is 0 Å². The first-order valence-corrected chi connectivity index (χ1v) is 9.23. The summed E-state index contributed by atoms with van der Waals surface area (Å²) in [5.41, 5.74) is 1.04. The van der Waals surface area contributed by atoms with Gasteiger partial charge in [-0.1, -0.05) is 26.0 Å². The van der Waals surface area contributed by atoms with Crippen LogP contribution >= 0.6 is 0 Å². The normalized spacial score (nSPS) is 27.1. The number of rotatable bonds is 5. The molecular weight excluding hydrogens is 284 g/mol. The van der Waals surface area contributed by atoms with Crippen LogP contribution < -0.4 is 5.32 Å². The van der Waals surface area contributed by atoms with Crippen molar-refractivity contribution in [1.82, 2.24) is 9.62 Å². The van der Waals surface area contributed by atoms with Crippen molar-refractivity contribution in [3.05, 3.63) is 29.8 Å². The summed E-state index contributed by atoms with van der Waals surface area (Å²) >= 11 is 0. The van der Waals surface area contributed by atoms with Gasteiger partial charge < -0.3 is 5.32 Å². The number of hydrogen-bond acceptors (Lipinski definition) is 3. The first-order chi connectivity index (χ1) is 9.96. The van der Waals surface area contributed by atoms with Gasteiger partial charge in [0.25, 0.3) is 0 Å². The molecule has 1 aliphatic carbocycles. The van der Waals surface area contributed by atoms with Crippen molar-refractivity contribution < 1.29 is 8.42 Å². The molecule has 1 aliphatic heterocycles. The van der Waals surface area contributed by atoms with Crippen LogP contribution in [0.3, 0.4) is 0 Å². The molecule has 116 valence electrons. The van der Waals surface area contributed by atoms with Gasteiger partial charge in [-0.3, -0.25) is 0 Å². The van der Waals surface area contributed by atoms with Crippen LogP contribution in [-0.2, 0) is 16.6 Å². The molecule has 0 aromatic heterocycles. The third-order valence-electron chi connectivity index (χ3n) is 4.66. The lowest BCUT2D eigenvalue weighted by molar-refractivity contribution is 0.463. The molecule has 1 heterocycles. The number of hydrogen-bond donors (Lipinski definition) is 1. The van der Waals surface area contributed by atoms with Gasteiger partial charge >= 0.3 is 0 Å². The van der Waals surface area contributed by atoms with E-state index in [0.717, 1.165) is 12.1 Å². The smallest absolute Gasteiger partial charge is 0.243 e. The summed E-state index contributed by atoms with van der Waals surface area (Å²) in [4.78, 5) is 0.430. The minimum absolute atomic E-state index is 0.430. The summed E-state index contributed by atoms with van der Waals surface area (Å²) in [5, 5.41) is 3.43. The molecule has 4 nitrogen and oxygen atoms in total. The van der Waals surface area contributed by atoms with E-state index in [1.807, 2.05) is 18.2 Å². The van der Waals surface area contributed by atoms with Crippen LogP contribution in [-0.4, -0.2) is 31.9 Å². The Kier molecular flexibility index (Phi) is 4.08. The summed E-state index contributed by atoms with van der Waals surface area (Å²) in [6.45, 7) is 6.26. The highest BCUT2D eigenvalue weighted by Gasteiger charge is 2.34. The molecule has 3 rings (SSSR count). The van der Waals surface area contributed by atoms with E-state index in [1.165, 1.54) is 12.8 Å². The van der Waals surface area contributed by atoms with Crippen molar-refractivity contribution in [3.8, 4) is 0 Å². The molecule has 2 aliphatic rings. The SMILES string of the molecule is CC1CN(S(=O)(=O)c2cccc(CNC3CC3)c2)CC1C. The third-order valence-corrected chi connectivity index (χ3v) is 6.49. The van der Waals surface area contributed by atoms with Crippen molar-refractivity contribution in [2.45, 2.75) is 44.2 Å². The standard InChI is InChI=1S/C16H24N2O2S/c1-12-10-18(11-13(12)2)21(19,20)16-5-3-4-14(8-16)9-17-15-6-7-15/h3-5,8,12-13,15,17H,6-7,9-11H2,1-2H3. The highest BCUT2D eigenvalue weighted by molar-refractivity contribution is 7.89. The quantitative estimate of drug-likeness (QED) is 0.907. The zero-order valence-electron chi connectivity index (χ0n) is 12.7. The molecule has 1 saturated carbocycles. The maximum atomic E-state index is 12.7. The second kappa shape index (κ2) is 5.71. The fourth-order valence-electron chi connectivity index (χ4n) is 2.79. The molecule has 0 amide bonds. The van der Waals surface area contributed by atoms with E-state index >= 15 is 0 Å². The van der Waals surface area contributed by atoms with Gasteiger partial charge in [0.2, 0.25) is 10.0 Å². The Morgan fingerprint density at radius 3 is 2.48 bits per heavy atom. The van der Waals surface area contributed by atoms with E-state index in [0.29, 0.717) is 35.9 Å². The summed E-state index contributed by atoms with van der Waals surface area (Å²) in [7, 11) is -3.34. The Hall–Kier alpha value is -0.910. The Labute approximate surface area is 127 Å². The first kappa shape index (κ1) is 15.0. The van der Waals surface area contributed by atoms with Crippen molar-refractivity contribution in [1.29, 1.82) is 0 Å². The van der Waals surface area contributed by atoms with E-state index in [1.54, 1.807) is 10.4 Å². The van der Waals surface area contributed by atoms with Gasteiger partial charge in [-0.2, -0.15) is 4.31 Å². The summed E-state index contributed by atoms with van der Waals surface area (Å²) < 4.78 is 27.1. The van der Waals surface area contributed by atoms with Gasteiger partial charge in [-0.05, 0) is 42.4 Å². The molecule has 1 aromatic carbocycles. The second-order valence-electron chi connectivity index (χ2n) is 6.58. The minimum Gasteiger partial charge on any atom is -0.310 e. The van der Waals surface area contributed by atoms with Gasteiger partial charge in [-0.15, -0.1) is 0 Å². The van der Waals surface area contributed by atoms with Crippen LogP contribution in [0.4, 0.5) is 0 Å². The number of nitrogens with one attached hydrogen (secondary N) is 1. The van der Waals surface area contributed by atoms with Crippen LogP contribution in [0.1, 0.15) is 32.3 Å². The number of benzene rings is 1. The van der Waals surface area contributed by atoms with Crippen LogP contribution in [0.5, 0.6) is 0 Å². The molecule has 0 radical (unpaired) electrons. The Morgan fingerprint density at radius 2 is 1.86 bits per heavy atom. The van der Waals surface area contributed by atoms with Gasteiger partial charge in [0, 0.05) is 25.7 Å². The maximum Gasteiger partial charge on any atom is 0.243 e. The topological polar surface area (TPSA) is 49.4 Å². The van der Waals surface area contributed by atoms with Crippen LogP contribution in [0.25, 0.3) is 0 Å². The third kappa shape index (κ3) is 3.30. The second-order valence-corrected chi connectivity index (χ2v) is 8.52. The number of sulfonamides is 1. The van der Waals surface area contributed by atoms with Gasteiger partial charge in [0.1, 0.15) is 0 Å². The van der Waals surface area contributed by atoms with Crippen LogP contribution in [0, 0.1) is 11.8 Å². The average Bonchev–Trinajstić information content (AvgIpc) is 3.23. The predicted octanol–water partition coefficient (Wildman–Crippen LogP) is 2.22. The molecule has 5 heteroatoms. The molecule has 1 N–H and O–H groups in total. The number of nitrogens with zero attached hydrogens (tertiary/aromatic N) is 1. The highest BCUT2D eigenvalue weighted by Crippen LogP contribution is 2.28. The van der Waals surface area contributed by atoms with E-state index in [2.05, 4.69) is 19.2 Å². The lowest BCUT2D eigenvalue weighted by Gasteiger charge is -2.17. The summed E-state index contributed by atoms with van der Waals surface area (Å²) in [6, 6.07) is 8.00. The molecule has 2 atom stereocenters. The molecule has 0 bridgehead atoms. The Balaban J connectivity index is 1.76. The zero-order chi connectivity index (χ0) is 15.0. The Morgan fingerprint density at radius 1 is 1.19 bits per heavy atom. The molecule has 1 aromatic rings. The fraction of sp³-hybridized carbons (Fsp3) is 0.625. The lowest BCUT2D eigenvalue weighted by Crippen LogP contribution is -2.29. The van der Waals surface area contributed by atoms with E-state index in [4.69, 9.17) is 0 Å². The largest absolute Gasteiger partial charge is 0.310 e. The zero-order valence-corrected chi connectivity index (χ0v) is 13.6. The van der Waals surface area contributed by atoms with E-state index < -0.39 is 10.0 Å². The van der Waals surface area contributed by atoms with Crippen LogP contribution in [0.15, 0.2) is 29.2 Å². The van der Waals surface area contributed by atoms with E-state index in [-0.39, 0.29) is 0 Å². The van der Waals surface area contributed by atoms with Crippen molar-refractivity contribution >= 4 is 10.0 Å². The molecular formula is C16H24N2O2S. The molecule has 1 saturated heterocycles. The molecule has 0 spiro atoms. The van der Waals surface area contributed by atoms with Crippen molar-refractivity contribution in [2.75, 3.05) is 13.1 Å². The predicted molar refractivity (Wildman–Crippen MR) is 83.4 cm³/mol. The summed E-state index contributed by atoms with van der Waals surface area (Å²) in [5.74, 6) is 0.860. The van der Waals surface area contributed by atoms with Gasteiger partial charge in [-0.25, -0.2) is 8.42 Å². The summed E-state index contributed by atoms with van der Waals surface area (Å²) in [6.07, 6.45) is 2.48. The van der Waals surface area contributed by atoms with Gasteiger partial charge in [0.05, 0.1) is 4.90 Å². The lowest BCUT2D eigenvalue weighted by atomic mass is 10.0. The van der Waals surface area contributed by atoms with Crippen molar-refractivity contribution in [3.63, 3.8) is 0 Å². The maximum absolute atomic E-state index is 12.7. The monoisotopic (exact) mass is 308 g/mol. The Bertz CT molecular complexity index is 600. The fourth-order valence-corrected chi connectivity index (χ4v) is 4.50.